The lowest BCUT2D eigenvalue weighted by atomic mass is 9.73. The van der Waals surface area contributed by atoms with Gasteiger partial charge in [0.05, 0.1) is 22.5 Å². The van der Waals surface area contributed by atoms with Crippen molar-refractivity contribution in [3.05, 3.63) is 64.4 Å². The molecule has 4 N–H and O–H groups in total. The second-order valence-corrected chi connectivity index (χ2v) is 14.0. The topological polar surface area (TPSA) is 128 Å². The maximum atomic E-state index is 14.1. The van der Waals surface area contributed by atoms with Crippen molar-refractivity contribution in [3.63, 3.8) is 0 Å². The molecule has 3 atom stereocenters. The minimum Gasteiger partial charge on any atom is -0.381 e. The van der Waals surface area contributed by atoms with E-state index in [1.165, 1.54) is 4.90 Å². The predicted molar refractivity (Wildman–Crippen MR) is 180 cm³/mol. The van der Waals surface area contributed by atoms with Crippen LogP contribution in [0.2, 0.25) is 5.02 Å². The first-order chi connectivity index (χ1) is 21.9. The Kier molecular flexibility index (Phi) is 9.98. The maximum absolute atomic E-state index is 14.1. The molecule has 1 aromatic heterocycles. The summed E-state index contributed by atoms with van der Waals surface area (Å²) in [5.74, 6) is 0.0436. The molecule has 0 unspecified atom stereocenters. The zero-order valence-corrected chi connectivity index (χ0v) is 28.5. The molecule has 4 amide bonds. The van der Waals surface area contributed by atoms with Gasteiger partial charge in [-0.25, -0.2) is 9.78 Å². The van der Waals surface area contributed by atoms with Gasteiger partial charge in [0, 0.05) is 44.8 Å². The number of likely N-dealkylation sites (N-methyl/N-ethyl adjacent to an activating group) is 1. The van der Waals surface area contributed by atoms with Crippen LogP contribution < -0.4 is 16.0 Å². The van der Waals surface area contributed by atoms with E-state index in [1.54, 1.807) is 14.1 Å². The van der Waals surface area contributed by atoms with Crippen molar-refractivity contribution < 1.29 is 19.1 Å². The fourth-order valence-electron chi connectivity index (χ4n) is 6.70. The summed E-state index contributed by atoms with van der Waals surface area (Å²) in [6.07, 6.45) is 2.99. The van der Waals surface area contributed by atoms with Crippen molar-refractivity contribution in [2.24, 2.45) is 11.3 Å². The van der Waals surface area contributed by atoms with Crippen LogP contribution in [0.15, 0.2) is 42.5 Å². The average Bonchev–Trinajstić information content (AvgIpc) is 3.62. The summed E-state index contributed by atoms with van der Waals surface area (Å²) in [7, 11) is 3.43. The first-order valence-electron chi connectivity index (χ1n) is 16.3. The van der Waals surface area contributed by atoms with Gasteiger partial charge in [-0.3, -0.25) is 9.59 Å². The van der Waals surface area contributed by atoms with Crippen LogP contribution in [-0.2, 0) is 19.7 Å². The largest absolute Gasteiger partial charge is 0.381 e. The summed E-state index contributed by atoms with van der Waals surface area (Å²) in [4.78, 5) is 50.2. The van der Waals surface area contributed by atoms with Crippen LogP contribution in [0.1, 0.15) is 82.3 Å². The van der Waals surface area contributed by atoms with Crippen LogP contribution in [0.3, 0.4) is 0 Å². The van der Waals surface area contributed by atoms with E-state index in [9.17, 15) is 14.4 Å². The van der Waals surface area contributed by atoms with Crippen molar-refractivity contribution in [2.75, 3.05) is 33.9 Å². The Bertz CT molecular complexity index is 1580. The number of carbonyl (C=O) groups excluding carboxylic acids is 3. The molecule has 2 heterocycles. The molecular weight excluding hydrogens is 604 g/mol. The average molecular weight is 651 g/mol. The van der Waals surface area contributed by atoms with Crippen molar-refractivity contribution in [1.29, 1.82) is 0 Å². The van der Waals surface area contributed by atoms with Gasteiger partial charge in [0.15, 0.2) is 0 Å². The Hall–Kier alpha value is -3.63. The fourth-order valence-corrected chi connectivity index (χ4v) is 6.96. The van der Waals surface area contributed by atoms with Crippen LogP contribution in [0, 0.1) is 11.3 Å². The Labute approximate surface area is 276 Å². The maximum Gasteiger partial charge on any atom is 0.317 e. The molecule has 1 saturated carbocycles. The van der Waals surface area contributed by atoms with Gasteiger partial charge in [0.1, 0.15) is 11.9 Å². The Morgan fingerprint density at radius 1 is 1.04 bits per heavy atom. The van der Waals surface area contributed by atoms with E-state index in [-0.39, 0.29) is 35.1 Å². The summed E-state index contributed by atoms with van der Waals surface area (Å²) in [5, 5.41) is 9.82. The van der Waals surface area contributed by atoms with Gasteiger partial charge < -0.3 is 30.6 Å². The van der Waals surface area contributed by atoms with Crippen LogP contribution >= 0.6 is 11.6 Å². The second-order valence-electron chi connectivity index (χ2n) is 13.6. The van der Waals surface area contributed by atoms with E-state index in [0.29, 0.717) is 43.4 Å². The molecule has 46 heavy (non-hydrogen) atoms. The molecule has 3 aromatic rings. The van der Waals surface area contributed by atoms with Crippen molar-refractivity contribution in [2.45, 2.75) is 76.8 Å². The number of fused-ring (bicyclic) bond motifs is 1. The number of amides is 4. The van der Waals surface area contributed by atoms with Gasteiger partial charge in [-0.2, -0.15) is 0 Å². The Morgan fingerprint density at radius 2 is 1.74 bits per heavy atom. The standard InChI is InChI=1S/C35H47ClN6O4/c1-7-37-31(43)28(21(2)3)40-32(44)35(16-18-46-19-17-35)22-12-13-25-26(20-22)39-30(38-25)29(41-33(45)42(5)6)27(34(4)14-15-34)23-10-8-9-11-24(23)36/h8-13,20-21,27-29H,7,14-19H2,1-6H3,(H,37,43)(H,38,39)(H,40,44)(H,41,45)/t27-,28+,29-/m0/s1. The molecule has 10 nitrogen and oxygen atoms in total. The number of imidazole rings is 1. The van der Waals surface area contributed by atoms with Gasteiger partial charge in [0.25, 0.3) is 0 Å². The van der Waals surface area contributed by atoms with Crippen LogP contribution in [0.25, 0.3) is 11.0 Å². The number of nitrogens with one attached hydrogen (secondary N) is 4. The quantitative estimate of drug-likeness (QED) is 0.220. The first kappa shape index (κ1) is 33.7. The number of halogens is 1. The molecule has 2 aliphatic rings. The summed E-state index contributed by atoms with van der Waals surface area (Å²) in [6, 6.07) is 12.3. The van der Waals surface area contributed by atoms with E-state index >= 15 is 0 Å². The molecule has 0 spiro atoms. The number of hydrogen-bond donors (Lipinski definition) is 4. The number of hydrogen-bond acceptors (Lipinski definition) is 5. The number of ether oxygens (including phenoxy) is 1. The molecule has 2 fully saturated rings. The minimum atomic E-state index is -0.878. The van der Waals surface area contributed by atoms with Gasteiger partial charge in [-0.15, -0.1) is 0 Å². The van der Waals surface area contributed by atoms with Crippen LogP contribution in [0.5, 0.6) is 0 Å². The molecule has 0 radical (unpaired) electrons. The Morgan fingerprint density at radius 3 is 2.35 bits per heavy atom. The number of aromatic amines is 1. The van der Waals surface area contributed by atoms with Crippen molar-refractivity contribution in [1.82, 2.24) is 30.8 Å². The van der Waals surface area contributed by atoms with Gasteiger partial charge in [-0.1, -0.05) is 56.6 Å². The zero-order chi connectivity index (χ0) is 33.2. The fraction of sp³-hybridized carbons (Fsp3) is 0.543. The van der Waals surface area contributed by atoms with Gasteiger partial charge in [0.2, 0.25) is 11.8 Å². The lowest BCUT2D eigenvalue weighted by Crippen LogP contribution is -2.56. The monoisotopic (exact) mass is 650 g/mol. The highest BCUT2D eigenvalue weighted by atomic mass is 35.5. The van der Waals surface area contributed by atoms with Gasteiger partial charge in [-0.05, 0) is 73.3 Å². The highest BCUT2D eigenvalue weighted by Crippen LogP contribution is 2.60. The molecule has 2 aromatic carbocycles. The molecule has 11 heteroatoms. The third-order valence-corrected chi connectivity index (χ3v) is 10.1. The van der Waals surface area contributed by atoms with Crippen LogP contribution in [0.4, 0.5) is 4.79 Å². The van der Waals surface area contributed by atoms with E-state index in [4.69, 9.17) is 21.3 Å². The van der Waals surface area contributed by atoms with E-state index in [0.717, 1.165) is 35.0 Å². The summed E-state index contributed by atoms with van der Waals surface area (Å²) < 4.78 is 5.70. The lowest BCUT2D eigenvalue weighted by molar-refractivity contribution is -0.135. The molecule has 1 aliphatic heterocycles. The van der Waals surface area contributed by atoms with E-state index in [1.807, 2.05) is 63.2 Å². The number of rotatable bonds is 11. The van der Waals surface area contributed by atoms with Crippen molar-refractivity contribution >= 4 is 40.5 Å². The van der Waals surface area contributed by atoms with Crippen LogP contribution in [-0.4, -0.2) is 72.6 Å². The molecule has 1 aliphatic carbocycles. The Balaban J connectivity index is 1.56. The van der Waals surface area contributed by atoms with E-state index < -0.39 is 17.5 Å². The van der Waals surface area contributed by atoms with Crippen molar-refractivity contribution in [3.8, 4) is 0 Å². The summed E-state index contributed by atoms with van der Waals surface area (Å²) in [5.41, 5.74) is 2.35. The minimum absolute atomic E-state index is 0.0688. The predicted octanol–water partition coefficient (Wildman–Crippen LogP) is 5.44. The molecule has 0 bridgehead atoms. The number of urea groups is 1. The number of aromatic nitrogens is 2. The van der Waals surface area contributed by atoms with Gasteiger partial charge >= 0.3 is 6.03 Å². The zero-order valence-electron chi connectivity index (χ0n) is 27.7. The molecule has 1 saturated heterocycles. The molecule has 5 rings (SSSR count). The third kappa shape index (κ3) is 6.74. The number of nitrogens with zero attached hydrogens (tertiary/aromatic N) is 2. The summed E-state index contributed by atoms with van der Waals surface area (Å²) >= 11 is 6.78. The summed E-state index contributed by atoms with van der Waals surface area (Å²) in [6.45, 7) is 9.31. The first-order valence-corrected chi connectivity index (χ1v) is 16.7. The van der Waals surface area contributed by atoms with E-state index in [2.05, 4.69) is 27.9 Å². The SMILES string of the molecule is CCNC(=O)[C@H](NC(=O)C1(c2ccc3nc([C@@H](NC(=O)N(C)C)[C@H](c4ccccc4Cl)C4(C)CC4)[nH]c3c2)CCOCC1)C(C)C. The highest BCUT2D eigenvalue weighted by Gasteiger charge is 2.51. The molecular formula is C35H47ClN6O4. The smallest absolute Gasteiger partial charge is 0.317 e. The number of H-pyrrole nitrogens is 1. The highest BCUT2D eigenvalue weighted by molar-refractivity contribution is 6.31. The second kappa shape index (κ2) is 13.6. The number of benzene rings is 2. The molecule has 248 valence electrons. The lowest BCUT2D eigenvalue weighted by Gasteiger charge is -2.37. The third-order valence-electron chi connectivity index (χ3n) is 9.76. The number of carbonyl (C=O) groups is 3. The normalized spacial score (nSPS) is 18.8.